The lowest BCUT2D eigenvalue weighted by Gasteiger charge is -2.07. The molecule has 70 valence electrons. The van der Waals surface area contributed by atoms with Crippen LogP contribution in [-0.4, -0.2) is 19.4 Å². The van der Waals surface area contributed by atoms with Gasteiger partial charge in [-0.05, 0) is 21.7 Å². The Morgan fingerprint density at radius 1 is 1.58 bits per heavy atom. The second-order valence-corrected chi connectivity index (χ2v) is 2.80. The summed E-state index contributed by atoms with van der Waals surface area (Å²) in [5.74, 6) is 0. The molecule has 0 aromatic heterocycles. The molecule has 0 saturated carbocycles. The van der Waals surface area contributed by atoms with Crippen LogP contribution in [0.4, 0.5) is 13.2 Å². The van der Waals surface area contributed by atoms with E-state index in [4.69, 9.17) is 16.4 Å². The van der Waals surface area contributed by atoms with Gasteiger partial charge in [-0.3, -0.25) is 4.99 Å². The maximum atomic E-state index is 11.9. The van der Waals surface area contributed by atoms with Crippen molar-refractivity contribution in [2.75, 3.05) is 7.05 Å². The van der Waals surface area contributed by atoms with E-state index in [1.807, 2.05) is 0 Å². The number of halogens is 4. The Morgan fingerprint density at radius 2 is 2.08 bits per heavy atom. The van der Waals surface area contributed by atoms with Crippen LogP contribution in [0.15, 0.2) is 15.6 Å². The van der Waals surface area contributed by atoms with E-state index < -0.39 is 11.9 Å². The molecule has 0 aromatic rings. The Labute approximate surface area is 76.2 Å². The molecule has 2 N–H and O–H groups in total. The Kier molecular flexibility index (Phi) is 4.47. The molecule has 0 aromatic carbocycles. The predicted octanol–water partition coefficient (Wildman–Crippen LogP) is 2.31. The van der Waals surface area contributed by atoms with Gasteiger partial charge in [0.1, 0.15) is 5.70 Å². The third-order valence-electron chi connectivity index (χ3n) is 0.900. The first-order valence-corrected chi connectivity index (χ1v) is 4.35. The van der Waals surface area contributed by atoms with Crippen LogP contribution in [0.3, 0.4) is 0 Å². The number of hydrogen-bond donors (Lipinski definition) is 1. The van der Waals surface area contributed by atoms with E-state index in [-0.39, 0.29) is 4.91 Å². The summed E-state index contributed by atoms with van der Waals surface area (Å²) in [4.78, 5) is 3.07. The Hall–Kier alpha value is -0.360. The van der Waals surface area contributed by atoms with Gasteiger partial charge in [0.25, 0.3) is 0 Å². The zero-order chi connectivity index (χ0) is 9.78. The van der Waals surface area contributed by atoms with E-state index in [1.54, 1.807) is 0 Å². The number of alkyl halides is 3. The summed E-state index contributed by atoms with van der Waals surface area (Å²) in [5.41, 5.74) is 3.52. The summed E-state index contributed by atoms with van der Waals surface area (Å²) in [7, 11) is 6.85. The standard InChI is InChI=1S/C5H6ClF3N2S/c1-11-2-3(12-6)4(10)5(7,8)9/h2H,10H2,1H3. The fourth-order valence-electron chi connectivity index (χ4n) is 0.388. The van der Waals surface area contributed by atoms with Crippen LogP contribution in [0.2, 0.25) is 0 Å². The molecule has 12 heavy (non-hydrogen) atoms. The van der Waals surface area contributed by atoms with Crippen LogP contribution in [0.5, 0.6) is 0 Å². The molecule has 0 aliphatic heterocycles. The molecule has 0 radical (unpaired) electrons. The lowest BCUT2D eigenvalue weighted by molar-refractivity contribution is -0.0927. The molecule has 0 bridgehead atoms. The van der Waals surface area contributed by atoms with Crippen molar-refractivity contribution in [1.82, 2.24) is 0 Å². The lowest BCUT2D eigenvalue weighted by Crippen LogP contribution is -2.21. The Bertz CT molecular complexity index is 211. The van der Waals surface area contributed by atoms with Gasteiger partial charge in [0.2, 0.25) is 0 Å². The topological polar surface area (TPSA) is 38.4 Å². The lowest BCUT2D eigenvalue weighted by atomic mass is 10.4. The molecule has 0 amide bonds. The van der Waals surface area contributed by atoms with E-state index in [0.29, 0.717) is 11.0 Å². The van der Waals surface area contributed by atoms with Crippen molar-refractivity contribution in [3.63, 3.8) is 0 Å². The molecular weight excluding hydrogens is 213 g/mol. The molecule has 0 aliphatic carbocycles. The van der Waals surface area contributed by atoms with Crippen LogP contribution in [-0.2, 0) is 0 Å². The first-order valence-electron chi connectivity index (χ1n) is 2.71. The zero-order valence-electron chi connectivity index (χ0n) is 6.02. The number of rotatable bonds is 2. The summed E-state index contributed by atoms with van der Waals surface area (Å²) in [6.45, 7) is 0. The molecule has 0 spiro atoms. The highest BCUT2D eigenvalue weighted by Crippen LogP contribution is 2.29. The van der Waals surface area contributed by atoms with Gasteiger partial charge in [-0.1, -0.05) is 0 Å². The maximum absolute atomic E-state index is 11.9. The number of hydrogen-bond acceptors (Lipinski definition) is 3. The van der Waals surface area contributed by atoms with Gasteiger partial charge in [-0.15, -0.1) is 0 Å². The summed E-state index contributed by atoms with van der Waals surface area (Å²) in [6.07, 6.45) is -3.60. The normalized spacial score (nSPS) is 15.1. The van der Waals surface area contributed by atoms with Gasteiger partial charge in [-0.2, -0.15) is 13.2 Å². The fraction of sp³-hybridized carbons (Fsp3) is 0.400. The van der Waals surface area contributed by atoms with E-state index in [9.17, 15) is 13.2 Å². The fourth-order valence-corrected chi connectivity index (χ4v) is 1.10. The summed E-state index contributed by atoms with van der Waals surface area (Å²) in [5, 5.41) is 0. The minimum absolute atomic E-state index is 0.299. The average molecular weight is 219 g/mol. The van der Waals surface area contributed by atoms with Crippen molar-refractivity contribution >= 4 is 27.9 Å². The molecule has 0 rings (SSSR count). The Morgan fingerprint density at radius 3 is 2.33 bits per heavy atom. The van der Waals surface area contributed by atoms with Crippen LogP contribution < -0.4 is 5.73 Å². The van der Waals surface area contributed by atoms with Crippen molar-refractivity contribution in [3.05, 3.63) is 10.6 Å². The van der Waals surface area contributed by atoms with Crippen LogP contribution in [0.1, 0.15) is 0 Å². The van der Waals surface area contributed by atoms with Crippen LogP contribution in [0, 0.1) is 0 Å². The van der Waals surface area contributed by atoms with Crippen molar-refractivity contribution < 1.29 is 13.2 Å². The van der Waals surface area contributed by atoms with Crippen molar-refractivity contribution in [3.8, 4) is 0 Å². The van der Waals surface area contributed by atoms with Crippen LogP contribution >= 0.6 is 21.7 Å². The second kappa shape index (κ2) is 4.61. The average Bonchev–Trinajstić information content (AvgIpc) is 1.97. The van der Waals surface area contributed by atoms with E-state index >= 15 is 0 Å². The Balaban J connectivity index is 4.85. The molecule has 0 atom stereocenters. The number of allylic oxidation sites excluding steroid dienone is 2. The monoisotopic (exact) mass is 218 g/mol. The third kappa shape index (κ3) is 3.36. The van der Waals surface area contributed by atoms with E-state index in [1.165, 1.54) is 7.05 Å². The van der Waals surface area contributed by atoms with Gasteiger partial charge in [-0.25, -0.2) is 0 Å². The highest BCUT2D eigenvalue weighted by molar-refractivity contribution is 8.24. The van der Waals surface area contributed by atoms with Crippen molar-refractivity contribution in [2.45, 2.75) is 6.18 Å². The molecule has 0 unspecified atom stereocenters. The second-order valence-electron chi connectivity index (χ2n) is 1.74. The largest absolute Gasteiger partial charge is 0.431 e. The molecule has 0 heterocycles. The third-order valence-corrected chi connectivity index (χ3v) is 1.89. The maximum Gasteiger partial charge on any atom is 0.431 e. The van der Waals surface area contributed by atoms with E-state index in [2.05, 4.69) is 4.99 Å². The van der Waals surface area contributed by atoms with Gasteiger partial charge < -0.3 is 5.73 Å². The predicted molar refractivity (Wildman–Crippen MR) is 45.1 cm³/mol. The molecular formula is C5H6ClF3N2S. The summed E-state index contributed by atoms with van der Waals surface area (Å²) in [6, 6.07) is 0. The van der Waals surface area contributed by atoms with Gasteiger partial charge in [0.05, 0.1) is 4.91 Å². The first kappa shape index (κ1) is 11.6. The quantitative estimate of drug-likeness (QED) is 0.723. The zero-order valence-corrected chi connectivity index (χ0v) is 7.59. The smallest absolute Gasteiger partial charge is 0.394 e. The molecule has 2 nitrogen and oxygen atoms in total. The minimum atomic E-state index is -4.56. The number of nitrogens with two attached hydrogens (primary N) is 1. The first-order chi connectivity index (χ1) is 5.43. The number of nitrogens with zero attached hydrogens (tertiary/aromatic N) is 1. The molecule has 0 saturated heterocycles. The highest BCUT2D eigenvalue weighted by atomic mass is 35.7. The molecule has 7 heteroatoms. The highest BCUT2D eigenvalue weighted by Gasteiger charge is 2.33. The van der Waals surface area contributed by atoms with Crippen molar-refractivity contribution in [2.24, 2.45) is 10.7 Å². The van der Waals surface area contributed by atoms with Gasteiger partial charge >= 0.3 is 6.18 Å². The van der Waals surface area contributed by atoms with Gasteiger partial charge in [0, 0.05) is 13.3 Å². The van der Waals surface area contributed by atoms with Gasteiger partial charge in [0.15, 0.2) is 0 Å². The van der Waals surface area contributed by atoms with Crippen LogP contribution in [0.25, 0.3) is 0 Å². The molecule has 0 aliphatic rings. The van der Waals surface area contributed by atoms with E-state index in [0.717, 1.165) is 6.21 Å². The summed E-state index contributed by atoms with van der Waals surface area (Å²) >= 11 is 0. The molecule has 0 fully saturated rings. The minimum Gasteiger partial charge on any atom is -0.394 e. The summed E-state index contributed by atoms with van der Waals surface area (Å²) < 4.78 is 35.7. The van der Waals surface area contributed by atoms with Crippen molar-refractivity contribution in [1.29, 1.82) is 0 Å². The SMILES string of the molecule is CN=CC(SCl)=C(N)C(F)(F)F. The number of aliphatic imine (C=N–C) groups is 1.